The summed E-state index contributed by atoms with van der Waals surface area (Å²) in [4.78, 5) is 16.3. The minimum atomic E-state index is -0.611. The second-order valence-electron chi connectivity index (χ2n) is 8.45. The summed E-state index contributed by atoms with van der Waals surface area (Å²) in [5.74, 6) is 0.752. The summed E-state index contributed by atoms with van der Waals surface area (Å²) in [6.45, 7) is 0. The van der Waals surface area contributed by atoms with Crippen molar-refractivity contribution < 1.29 is 9.53 Å². The molecular weight excluding hydrogens is 450 g/mol. The second kappa shape index (κ2) is 8.56. The topological polar surface area (TPSA) is 120 Å². The number of H-pyrrole nitrogens is 1. The van der Waals surface area contributed by atoms with Gasteiger partial charge >= 0.3 is 0 Å². The maximum atomic E-state index is 11.7. The van der Waals surface area contributed by atoms with E-state index in [1.165, 1.54) is 6.20 Å². The Kier molecular flexibility index (Phi) is 5.08. The average Bonchev–Trinajstić information content (AvgIpc) is 3.38. The standard InChI is InChI=1S/C29H21N5O2/c30-27-22-11-5-10-21(28(22)32-15-24(27)29(31)35)19-13-25-23(16-33-34-25)26(14-19)36-20-9-4-8-18(12-20)17-6-2-1-3-7-17/h1-16H,(H2,30,32)(H2,31,35)(H,33,34). The van der Waals surface area contributed by atoms with Crippen molar-refractivity contribution in [2.24, 2.45) is 5.73 Å². The highest BCUT2D eigenvalue weighted by molar-refractivity contribution is 6.09. The van der Waals surface area contributed by atoms with Crippen molar-refractivity contribution in [2.45, 2.75) is 0 Å². The number of ether oxygens (including phenoxy) is 1. The largest absolute Gasteiger partial charge is 0.457 e. The van der Waals surface area contributed by atoms with Crippen LogP contribution in [0.25, 0.3) is 44.1 Å². The van der Waals surface area contributed by atoms with Crippen LogP contribution in [0.1, 0.15) is 10.4 Å². The molecule has 0 aliphatic rings. The number of primary amides is 1. The number of aromatic amines is 1. The van der Waals surface area contributed by atoms with Crippen LogP contribution in [0.15, 0.2) is 97.3 Å². The monoisotopic (exact) mass is 471 g/mol. The number of nitrogen functional groups attached to an aromatic ring is 1. The fraction of sp³-hybridized carbons (Fsp3) is 0. The van der Waals surface area contributed by atoms with Gasteiger partial charge in [0.25, 0.3) is 5.91 Å². The fourth-order valence-electron chi connectivity index (χ4n) is 4.43. The number of hydrogen-bond acceptors (Lipinski definition) is 5. The first kappa shape index (κ1) is 21.4. The lowest BCUT2D eigenvalue weighted by Crippen LogP contribution is -2.14. The molecule has 0 saturated carbocycles. The molecule has 7 heteroatoms. The molecule has 0 aliphatic heterocycles. The summed E-state index contributed by atoms with van der Waals surface area (Å²) in [5.41, 5.74) is 17.6. The molecule has 0 fully saturated rings. The molecule has 5 N–H and O–H groups in total. The van der Waals surface area contributed by atoms with Crippen LogP contribution in [-0.2, 0) is 0 Å². The molecule has 4 aromatic carbocycles. The predicted octanol–water partition coefficient (Wildman–Crippen LogP) is 5.92. The molecule has 0 radical (unpaired) electrons. The quantitative estimate of drug-likeness (QED) is 0.288. The normalized spacial score (nSPS) is 11.1. The lowest BCUT2D eigenvalue weighted by molar-refractivity contribution is 0.100. The van der Waals surface area contributed by atoms with Gasteiger partial charge in [-0.05, 0) is 41.0 Å². The van der Waals surface area contributed by atoms with Crippen LogP contribution in [0.5, 0.6) is 11.5 Å². The molecule has 2 aromatic heterocycles. The van der Waals surface area contributed by atoms with Crippen LogP contribution in [0, 0.1) is 0 Å². The molecule has 0 aliphatic carbocycles. The molecule has 0 bridgehead atoms. The number of pyridine rings is 1. The average molecular weight is 472 g/mol. The molecule has 0 saturated heterocycles. The Morgan fingerprint density at radius 2 is 1.61 bits per heavy atom. The molecule has 2 heterocycles. The Labute approximate surface area is 206 Å². The summed E-state index contributed by atoms with van der Waals surface area (Å²) in [7, 11) is 0. The highest BCUT2D eigenvalue weighted by Gasteiger charge is 2.16. The van der Waals surface area contributed by atoms with E-state index in [4.69, 9.17) is 16.2 Å². The zero-order chi connectivity index (χ0) is 24.6. The number of aromatic nitrogens is 3. The van der Waals surface area contributed by atoms with Crippen molar-refractivity contribution in [3.05, 3.63) is 103 Å². The number of hydrogen-bond donors (Lipinski definition) is 3. The van der Waals surface area contributed by atoms with Gasteiger partial charge in [0.05, 0.1) is 33.9 Å². The third-order valence-electron chi connectivity index (χ3n) is 6.21. The lowest BCUT2D eigenvalue weighted by Gasteiger charge is -2.13. The van der Waals surface area contributed by atoms with Crippen LogP contribution in [0.3, 0.4) is 0 Å². The van der Waals surface area contributed by atoms with E-state index in [1.54, 1.807) is 6.20 Å². The number of anilines is 1. The summed E-state index contributed by atoms with van der Waals surface area (Å²) < 4.78 is 6.39. The molecular formula is C29H21N5O2. The number of amides is 1. The smallest absolute Gasteiger partial charge is 0.252 e. The van der Waals surface area contributed by atoms with Crippen molar-refractivity contribution in [1.82, 2.24) is 15.2 Å². The van der Waals surface area contributed by atoms with E-state index in [0.717, 1.165) is 33.2 Å². The van der Waals surface area contributed by atoms with Crippen LogP contribution in [-0.4, -0.2) is 21.1 Å². The first-order chi connectivity index (χ1) is 17.6. The van der Waals surface area contributed by atoms with Crippen LogP contribution in [0.2, 0.25) is 0 Å². The van der Waals surface area contributed by atoms with E-state index in [9.17, 15) is 4.79 Å². The van der Waals surface area contributed by atoms with Crippen molar-refractivity contribution in [3.63, 3.8) is 0 Å². The van der Waals surface area contributed by atoms with Crippen molar-refractivity contribution in [1.29, 1.82) is 0 Å². The summed E-state index contributed by atoms with van der Waals surface area (Å²) in [6.07, 6.45) is 3.17. The van der Waals surface area contributed by atoms with Crippen LogP contribution >= 0.6 is 0 Å². The van der Waals surface area contributed by atoms with Gasteiger partial charge in [-0.25, -0.2) is 0 Å². The molecule has 0 spiro atoms. The van der Waals surface area contributed by atoms with E-state index in [0.29, 0.717) is 28.1 Å². The first-order valence-corrected chi connectivity index (χ1v) is 11.4. The van der Waals surface area contributed by atoms with E-state index in [2.05, 4.69) is 33.4 Å². The molecule has 174 valence electrons. The number of carbonyl (C=O) groups excluding carboxylic acids is 1. The number of nitrogens with one attached hydrogen (secondary N) is 1. The number of carbonyl (C=O) groups is 1. The predicted molar refractivity (Wildman–Crippen MR) is 142 cm³/mol. The molecule has 6 rings (SSSR count). The summed E-state index contributed by atoms with van der Waals surface area (Å²) in [5, 5.41) is 8.77. The van der Waals surface area contributed by atoms with Crippen LogP contribution in [0.4, 0.5) is 5.69 Å². The zero-order valence-electron chi connectivity index (χ0n) is 19.1. The Balaban J connectivity index is 1.46. The van der Waals surface area contributed by atoms with Gasteiger partial charge in [-0.2, -0.15) is 5.10 Å². The Bertz CT molecular complexity index is 1760. The highest BCUT2D eigenvalue weighted by Crippen LogP contribution is 2.38. The first-order valence-electron chi connectivity index (χ1n) is 11.4. The Morgan fingerprint density at radius 3 is 2.44 bits per heavy atom. The molecule has 36 heavy (non-hydrogen) atoms. The maximum absolute atomic E-state index is 11.7. The molecule has 0 unspecified atom stereocenters. The lowest BCUT2D eigenvalue weighted by atomic mass is 9.98. The van der Waals surface area contributed by atoms with E-state index in [-0.39, 0.29) is 5.56 Å². The van der Waals surface area contributed by atoms with Gasteiger partial charge in [0, 0.05) is 17.1 Å². The number of fused-ring (bicyclic) bond motifs is 2. The van der Waals surface area contributed by atoms with Gasteiger partial charge in [0.15, 0.2) is 0 Å². The van der Waals surface area contributed by atoms with Crippen molar-refractivity contribution in [2.75, 3.05) is 5.73 Å². The second-order valence-corrected chi connectivity index (χ2v) is 8.45. The van der Waals surface area contributed by atoms with Gasteiger partial charge in [-0.1, -0.05) is 60.7 Å². The van der Waals surface area contributed by atoms with Gasteiger partial charge in [-0.3, -0.25) is 14.9 Å². The molecule has 0 atom stereocenters. The summed E-state index contributed by atoms with van der Waals surface area (Å²) in [6, 6.07) is 27.7. The number of nitrogens with two attached hydrogens (primary N) is 2. The Morgan fingerprint density at radius 1 is 0.806 bits per heavy atom. The van der Waals surface area contributed by atoms with E-state index < -0.39 is 5.91 Å². The maximum Gasteiger partial charge on any atom is 0.252 e. The van der Waals surface area contributed by atoms with Crippen LogP contribution < -0.4 is 16.2 Å². The van der Waals surface area contributed by atoms with Gasteiger partial charge in [-0.15, -0.1) is 0 Å². The highest BCUT2D eigenvalue weighted by atomic mass is 16.5. The number of benzene rings is 4. The third-order valence-corrected chi connectivity index (χ3v) is 6.21. The molecule has 1 amide bonds. The van der Waals surface area contributed by atoms with E-state index in [1.807, 2.05) is 66.7 Å². The van der Waals surface area contributed by atoms with Gasteiger partial charge in [0.2, 0.25) is 0 Å². The SMILES string of the molecule is NC(=O)c1cnc2c(-c3cc(Oc4cccc(-c5ccccc5)c4)c4cn[nH]c4c3)cccc2c1N. The number of rotatable bonds is 5. The fourth-order valence-corrected chi connectivity index (χ4v) is 4.43. The minimum Gasteiger partial charge on any atom is -0.457 e. The number of nitrogens with zero attached hydrogens (tertiary/aromatic N) is 2. The summed E-state index contributed by atoms with van der Waals surface area (Å²) >= 11 is 0. The van der Waals surface area contributed by atoms with Gasteiger partial charge in [0.1, 0.15) is 11.5 Å². The Hall–Kier alpha value is -5.17. The number of para-hydroxylation sites is 1. The minimum absolute atomic E-state index is 0.200. The molecule has 6 aromatic rings. The van der Waals surface area contributed by atoms with Gasteiger partial charge < -0.3 is 16.2 Å². The zero-order valence-corrected chi connectivity index (χ0v) is 19.1. The molecule has 7 nitrogen and oxygen atoms in total. The van der Waals surface area contributed by atoms with Crippen molar-refractivity contribution >= 4 is 33.4 Å². The van der Waals surface area contributed by atoms with Crippen molar-refractivity contribution in [3.8, 4) is 33.8 Å². The third kappa shape index (κ3) is 3.69. The van der Waals surface area contributed by atoms with E-state index >= 15 is 0 Å².